The Balaban J connectivity index is 1.89. The second-order valence-electron chi connectivity index (χ2n) is 8.79. The zero-order chi connectivity index (χ0) is 23.4. The molecule has 0 spiro atoms. The molecule has 0 saturated heterocycles. The van der Waals surface area contributed by atoms with Gasteiger partial charge in [0.1, 0.15) is 23.0 Å². The minimum absolute atomic E-state index is 0.0353. The lowest BCUT2D eigenvalue weighted by molar-refractivity contribution is -0.205. The van der Waals surface area contributed by atoms with Gasteiger partial charge in [0.05, 0.1) is 18.2 Å². The average molecular weight is 466 g/mol. The first-order chi connectivity index (χ1) is 15.8. The summed E-state index contributed by atoms with van der Waals surface area (Å²) in [6, 6.07) is 18.7. The molecule has 0 amide bonds. The van der Waals surface area contributed by atoms with Crippen molar-refractivity contribution in [3.05, 3.63) is 94.3 Å². The number of halogens is 1. The third kappa shape index (κ3) is 3.16. The Morgan fingerprint density at radius 3 is 2.55 bits per heavy atom. The van der Waals surface area contributed by atoms with Crippen LogP contribution in [0.4, 0.5) is 0 Å². The highest BCUT2D eigenvalue weighted by Gasteiger charge is 2.69. The number of aromatic nitrogens is 1. The molecule has 2 bridgehead atoms. The number of hydrogen-bond acceptors (Lipinski definition) is 6. The molecule has 6 nitrogen and oxygen atoms in total. The minimum atomic E-state index is -2.04. The molecule has 2 N–H and O–H groups in total. The summed E-state index contributed by atoms with van der Waals surface area (Å²) in [7, 11) is 1.27. The van der Waals surface area contributed by atoms with Crippen molar-refractivity contribution in [2.75, 3.05) is 7.11 Å². The Morgan fingerprint density at radius 1 is 1.18 bits per heavy atom. The standard InChI is InChI=1S/C26H24ClNO5/c1-15-8-10-17(11-9-15)25-13-20(29)26(31,23-19(33-25)12-18(27)14-28-23)22(24(30)32-2)21(25)16-6-4-3-5-7-16/h3-12,14,20-22,29,31H,13H2,1-2H3/t20?,21?,22-,25-,26+/m0/s1. The van der Waals surface area contributed by atoms with Gasteiger partial charge in [-0.05, 0) is 18.1 Å². The summed E-state index contributed by atoms with van der Waals surface area (Å²) >= 11 is 6.24. The molecule has 1 aromatic heterocycles. The fourth-order valence-electron chi connectivity index (χ4n) is 5.46. The van der Waals surface area contributed by atoms with Crippen LogP contribution in [0.3, 0.4) is 0 Å². The number of rotatable bonds is 3. The van der Waals surface area contributed by atoms with Crippen molar-refractivity contribution in [1.29, 1.82) is 0 Å². The quantitative estimate of drug-likeness (QED) is 0.571. The maximum Gasteiger partial charge on any atom is 0.312 e. The molecule has 5 atom stereocenters. The summed E-state index contributed by atoms with van der Waals surface area (Å²) in [5.74, 6) is -2.30. The molecule has 3 aliphatic rings. The molecule has 2 aliphatic heterocycles. The van der Waals surface area contributed by atoms with Gasteiger partial charge in [0.2, 0.25) is 0 Å². The SMILES string of the molecule is COC(=O)[C@@H]1C(c2ccccc2)[C@@]2(c3ccc(C)cc3)CC(O)[C@]1(O)c1ncc(Cl)cc1O2. The van der Waals surface area contributed by atoms with Gasteiger partial charge in [0.25, 0.3) is 0 Å². The summed E-state index contributed by atoms with van der Waals surface area (Å²) < 4.78 is 11.9. The van der Waals surface area contributed by atoms with E-state index in [-0.39, 0.29) is 17.9 Å². The second-order valence-corrected chi connectivity index (χ2v) is 9.23. The van der Waals surface area contributed by atoms with E-state index in [2.05, 4.69) is 4.98 Å². The topological polar surface area (TPSA) is 88.9 Å². The number of aliphatic hydroxyl groups is 2. The van der Waals surface area contributed by atoms with Crippen LogP contribution in [0.5, 0.6) is 5.75 Å². The number of ether oxygens (including phenoxy) is 2. The number of aliphatic hydroxyl groups excluding tert-OH is 1. The van der Waals surface area contributed by atoms with Crippen LogP contribution in [-0.2, 0) is 20.7 Å². The Hall–Kier alpha value is -2.93. The number of pyridine rings is 1. The third-order valence-electron chi connectivity index (χ3n) is 6.96. The van der Waals surface area contributed by atoms with Gasteiger partial charge < -0.3 is 19.7 Å². The Kier molecular flexibility index (Phi) is 5.20. The molecule has 33 heavy (non-hydrogen) atoms. The third-order valence-corrected chi connectivity index (χ3v) is 7.17. The number of carbonyl (C=O) groups excluding carboxylic acids is 1. The van der Waals surface area contributed by atoms with Crippen LogP contribution in [0.25, 0.3) is 0 Å². The zero-order valence-electron chi connectivity index (χ0n) is 18.2. The van der Waals surface area contributed by atoms with Crippen molar-refractivity contribution >= 4 is 17.6 Å². The number of fused-ring (bicyclic) bond motifs is 2. The van der Waals surface area contributed by atoms with Crippen molar-refractivity contribution in [3.8, 4) is 5.75 Å². The maximum absolute atomic E-state index is 13.3. The van der Waals surface area contributed by atoms with Gasteiger partial charge in [-0.25, -0.2) is 0 Å². The van der Waals surface area contributed by atoms with Gasteiger partial charge in [0, 0.05) is 24.6 Å². The number of esters is 1. The van der Waals surface area contributed by atoms with Gasteiger partial charge in [-0.1, -0.05) is 71.8 Å². The Labute approximate surface area is 196 Å². The van der Waals surface area contributed by atoms with E-state index in [9.17, 15) is 15.0 Å². The number of methoxy groups -OCH3 is 1. The second kappa shape index (κ2) is 7.83. The largest absolute Gasteiger partial charge is 0.480 e. The monoisotopic (exact) mass is 465 g/mol. The van der Waals surface area contributed by atoms with Crippen LogP contribution in [0.15, 0.2) is 66.9 Å². The molecule has 3 heterocycles. The van der Waals surface area contributed by atoms with Gasteiger partial charge in [-0.2, -0.15) is 0 Å². The van der Waals surface area contributed by atoms with Crippen molar-refractivity contribution < 1.29 is 24.5 Å². The molecule has 2 aromatic carbocycles. The Morgan fingerprint density at radius 2 is 1.88 bits per heavy atom. The van der Waals surface area contributed by atoms with E-state index in [1.807, 2.05) is 61.5 Å². The first-order valence-corrected chi connectivity index (χ1v) is 11.1. The predicted octanol–water partition coefficient (Wildman–Crippen LogP) is 3.86. The molecule has 1 saturated carbocycles. The molecular weight excluding hydrogens is 442 g/mol. The smallest absolute Gasteiger partial charge is 0.312 e. The number of carbonyl (C=O) groups is 1. The van der Waals surface area contributed by atoms with E-state index < -0.39 is 35.1 Å². The molecule has 6 rings (SSSR count). The van der Waals surface area contributed by atoms with E-state index in [1.54, 1.807) is 6.07 Å². The molecule has 3 aromatic rings. The van der Waals surface area contributed by atoms with Crippen LogP contribution in [0, 0.1) is 12.8 Å². The average Bonchev–Trinajstić information content (AvgIpc) is 2.97. The van der Waals surface area contributed by atoms with Crippen LogP contribution in [0.1, 0.15) is 34.7 Å². The number of hydrogen-bond donors (Lipinski definition) is 2. The summed E-state index contributed by atoms with van der Waals surface area (Å²) in [5, 5.41) is 23.8. The van der Waals surface area contributed by atoms with Gasteiger partial charge in [-0.3, -0.25) is 9.78 Å². The normalized spacial score (nSPS) is 30.2. The highest BCUT2D eigenvalue weighted by atomic mass is 35.5. The van der Waals surface area contributed by atoms with Crippen LogP contribution < -0.4 is 4.74 Å². The molecule has 0 radical (unpaired) electrons. The lowest BCUT2D eigenvalue weighted by Crippen LogP contribution is -2.61. The summed E-state index contributed by atoms with van der Waals surface area (Å²) in [6.45, 7) is 1.98. The van der Waals surface area contributed by atoms with Crippen molar-refractivity contribution in [2.45, 2.75) is 36.6 Å². The lowest BCUT2D eigenvalue weighted by Gasteiger charge is -2.51. The maximum atomic E-state index is 13.3. The minimum Gasteiger partial charge on any atom is -0.480 e. The first-order valence-electron chi connectivity index (χ1n) is 10.8. The van der Waals surface area contributed by atoms with E-state index >= 15 is 0 Å². The van der Waals surface area contributed by atoms with Crippen LogP contribution in [-0.4, -0.2) is 34.4 Å². The summed E-state index contributed by atoms with van der Waals surface area (Å²) in [6.07, 6.45) is 0.0586. The lowest BCUT2D eigenvalue weighted by atomic mass is 9.56. The number of nitrogens with zero attached hydrogens (tertiary/aromatic N) is 1. The van der Waals surface area contributed by atoms with E-state index in [0.717, 1.165) is 16.7 Å². The van der Waals surface area contributed by atoms with Gasteiger partial charge in [0.15, 0.2) is 5.60 Å². The predicted molar refractivity (Wildman–Crippen MR) is 122 cm³/mol. The van der Waals surface area contributed by atoms with E-state index in [0.29, 0.717) is 5.02 Å². The fraction of sp³-hybridized carbons (Fsp3) is 0.308. The Bertz CT molecular complexity index is 1200. The molecule has 7 heteroatoms. The van der Waals surface area contributed by atoms with Crippen LogP contribution in [0.2, 0.25) is 5.02 Å². The molecule has 170 valence electrons. The van der Waals surface area contributed by atoms with Gasteiger partial charge in [-0.15, -0.1) is 0 Å². The number of aryl methyl sites for hydroxylation is 1. The summed E-state index contributed by atoms with van der Waals surface area (Å²) in [4.78, 5) is 17.7. The van der Waals surface area contributed by atoms with Crippen molar-refractivity contribution in [1.82, 2.24) is 4.98 Å². The van der Waals surface area contributed by atoms with Gasteiger partial charge >= 0.3 is 5.97 Å². The highest BCUT2D eigenvalue weighted by Crippen LogP contribution is 2.62. The summed E-state index contributed by atoms with van der Waals surface area (Å²) in [5.41, 5.74) is -0.567. The molecule has 2 unspecified atom stereocenters. The van der Waals surface area contributed by atoms with Crippen LogP contribution >= 0.6 is 11.6 Å². The fourth-order valence-corrected chi connectivity index (χ4v) is 5.61. The molecule has 1 aliphatic carbocycles. The molecule has 1 fully saturated rings. The number of benzene rings is 2. The molecular formula is C26H24ClNO5. The van der Waals surface area contributed by atoms with Crippen molar-refractivity contribution in [2.24, 2.45) is 5.92 Å². The zero-order valence-corrected chi connectivity index (χ0v) is 19.0. The first kappa shape index (κ1) is 21.9. The van der Waals surface area contributed by atoms with E-state index in [4.69, 9.17) is 21.1 Å². The highest BCUT2D eigenvalue weighted by molar-refractivity contribution is 6.30. The van der Waals surface area contributed by atoms with Crippen molar-refractivity contribution in [3.63, 3.8) is 0 Å². The van der Waals surface area contributed by atoms with E-state index in [1.165, 1.54) is 13.3 Å².